The Morgan fingerprint density at radius 1 is 1.31 bits per heavy atom. The van der Waals surface area contributed by atoms with Crippen molar-refractivity contribution in [1.82, 2.24) is 0 Å². The van der Waals surface area contributed by atoms with E-state index in [4.69, 9.17) is 10.5 Å². The minimum absolute atomic E-state index is 0.0762. The molecule has 0 fully saturated rings. The fraction of sp³-hybridized carbons (Fsp3) is 0.364. The Morgan fingerprint density at radius 3 is 2.62 bits per heavy atom. The Hall–Kier alpha value is -0.860. The van der Waals surface area contributed by atoms with Gasteiger partial charge in [0.2, 0.25) is 0 Å². The predicted octanol–water partition coefficient (Wildman–Crippen LogP) is 1.93. The van der Waals surface area contributed by atoms with Gasteiger partial charge in [0, 0.05) is 6.61 Å². The smallest absolute Gasteiger partial charge is 0.0826 e. The molecular formula is C11H16NO. The summed E-state index contributed by atoms with van der Waals surface area (Å²) in [4.78, 5) is 0. The van der Waals surface area contributed by atoms with E-state index in [2.05, 4.69) is 6.92 Å². The number of hydrogen-bond donors (Lipinski definition) is 1. The van der Waals surface area contributed by atoms with Gasteiger partial charge < -0.3 is 10.5 Å². The molecule has 71 valence electrons. The van der Waals surface area contributed by atoms with Crippen LogP contribution in [0.25, 0.3) is 0 Å². The molecule has 0 aliphatic carbocycles. The molecule has 1 atom stereocenters. The molecule has 2 nitrogen and oxygen atoms in total. The van der Waals surface area contributed by atoms with Gasteiger partial charge in [0.25, 0.3) is 0 Å². The largest absolute Gasteiger partial charge is 0.373 e. The SMILES string of the molecule is [CH2]C(OCCCN)c1ccccc1. The van der Waals surface area contributed by atoms with Crippen LogP contribution in [-0.4, -0.2) is 13.2 Å². The van der Waals surface area contributed by atoms with Gasteiger partial charge >= 0.3 is 0 Å². The van der Waals surface area contributed by atoms with E-state index in [1.54, 1.807) is 0 Å². The Morgan fingerprint density at radius 2 is 2.00 bits per heavy atom. The van der Waals surface area contributed by atoms with Gasteiger partial charge in [-0.1, -0.05) is 30.3 Å². The van der Waals surface area contributed by atoms with E-state index >= 15 is 0 Å². The van der Waals surface area contributed by atoms with Crippen LogP contribution in [0.3, 0.4) is 0 Å². The van der Waals surface area contributed by atoms with E-state index in [0.29, 0.717) is 13.2 Å². The molecule has 1 aromatic carbocycles. The van der Waals surface area contributed by atoms with Gasteiger partial charge in [0.15, 0.2) is 0 Å². The number of rotatable bonds is 5. The molecule has 1 aromatic rings. The molecule has 0 spiro atoms. The molecule has 2 heteroatoms. The lowest BCUT2D eigenvalue weighted by Crippen LogP contribution is -2.07. The van der Waals surface area contributed by atoms with Crippen LogP contribution in [0.1, 0.15) is 18.1 Å². The minimum Gasteiger partial charge on any atom is -0.373 e. The minimum atomic E-state index is -0.0762. The Labute approximate surface area is 79.7 Å². The summed E-state index contributed by atoms with van der Waals surface area (Å²) in [5.41, 5.74) is 6.46. The van der Waals surface area contributed by atoms with Crippen molar-refractivity contribution in [3.8, 4) is 0 Å². The van der Waals surface area contributed by atoms with Crippen LogP contribution in [0.5, 0.6) is 0 Å². The lowest BCUT2D eigenvalue weighted by Gasteiger charge is -2.12. The topological polar surface area (TPSA) is 35.2 Å². The summed E-state index contributed by atoms with van der Waals surface area (Å²) in [7, 11) is 0. The highest BCUT2D eigenvalue weighted by molar-refractivity contribution is 5.18. The van der Waals surface area contributed by atoms with Crippen molar-refractivity contribution in [3.05, 3.63) is 42.8 Å². The third-order valence-corrected chi connectivity index (χ3v) is 1.84. The molecule has 0 heterocycles. The zero-order chi connectivity index (χ0) is 9.52. The Balaban J connectivity index is 2.35. The maximum absolute atomic E-state index is 5.48. The maximum atomic E-state index is 5.48. The van der Waals surface area contributed by atoms with Crippen molar-refractivity contribution < 1.29 is 4.74 Å². The molecule has 2 N–H and O–H groups in total. The van der Waals surface area contributed by atoms with Crippen LogP contribution in [0.4, 0.5) is 0 Å². The van der Waals surface area contributed by atoms with E-state index in [0.717, 1.165) is 12.0 Å². The molecule has 1 radical (unpaired) electrons. The standard InChI is InChI=1S/C11H16NO/c1-10(13-9-5-8-12)11-6-3-2-4-7-11/h2-4,6-7,10H,1,5,8-9,12H2. The summed E-state index contributed by atoms with van der Waals surface area (Å²) in [6.45, 7) is 5.27. The molecule has 0 bridgehead atoms. The Bertz CT molecular complexity index is 223. The highest BCUT2D eigenvalue weighted by atomic mass is 16.5. The molecule has 0 aliphatic rings. The second kappa shape index (κ2) is 5.73. The molecule has 13 heavy (non-hydrogen) atoms. The first kappa shape index (κ1) is 10.2. The van der Waals surface area contributed by atoms with Crippen molar-refractivity contribution in [3.63, 3.8) is 0 Å². The number of benzene rings is 1. The normalized spacial score (nSPS) is 12.8. The van der Waals surface area contributed by atoms with Gasteiger partial charge in [-0.25, -0.2) is 0 Å². The molecule has 0 amide bonds. The third kappa shape index (κ3) is 3.57. The van der Waals surface area contributed by atoms with Crippen molar-refractivity contribution in [1.29, 1.82) is 0 Å². The first-order chi connectivity index (χ1) is 6.34. The van der Waals surface area contributed by atoms with E-state index in [1.165, 1.54) is 0 Å². The molecule has 0 saturated carbocycles. The van der Waals surface area contributed by atoms with E-state index in [1.807, 2.05) is 30.3 Å². The van der Waals surface area contributed by atoms with Gasteiger partial charge in [-0.05, 0) is 25.5 Å². The zero-order valence-electron chi connectivity index (χ0n) is 7.78. The van der Waals surface area contributed by atoms with E-state index in [9.17, 15) is 0 Å². The van der Waals surface area contributed by atoms with Crippen LogP contribution in [-0.2, 0) is 4.74 Å². The maximum Gasteiger partial charge on any atom is 0.0826 e. The third-order valence-electron chi connectivity index (χ3n) is 1.84. The average Bonchev–Trinajstić information content (AvgIpc) is 2.19. The van der Waals surface area contributed by atoms with Crippen LogP contribution < -0.4 is 5.73 Å². The van der Waals surface area contributed by atoms with Crippen molar-refractivity contribution >= 4 is 0 Å². The van der Waals surface area contributed by atoms with E-state index in [-0.39, 0.29) is 6.10 Å². The molecule has 0 saturated heterocycles. The number of hydrogen-bond acceptors (Lipinski definition) is 2. The highest BCUT2D eigenvalue weighted by Gasteiger charge is 2.03. The fourth-order valence-electron chi connectivity index (χ4n) is 1.07. The van der Waals surface area contributed by atoms with E-state index < -0.39 is 0 Å². The number of ether oxygens (including phenoxy) is 1. The molecule has 0 aromatic heterocycles. The average molecular weight is 178 g/mol. The molecule has 1 rings (SSSR count). The summed E-state index contributed by atoms with van der Waals surface area (Å²) in [5, 5.41) is 0. The summed E-state index contributed by atoms with van der Waals surface area (Å²) < 4.78 is 5.48. The van der Waals surface area contributed by atoms with Crippen molar-refractivity contribution in [2.24, 2.45) is 5.73 Å². The lowest BCUT2D eigenvalue weighted by molar-refractivity contribution is 0.0827. The quantitative estimate of drug-likeness (QED) is 0.699. The first-order valence-electron chi connectivity index (χ1n) is 4.54. The van der Waals surface area contributed by atoms with Gasteiger partial charge in [-0.3, -0.25) is 0 Å². The first-order valence-corrected chi connectivity index (χ1v) is 4.54. The summed E-state index contributed by atoms with van der Waals surface area (Å²) >= 11 is 0. The lowest BCUT2D eigenvalue weighted by atomic mass is 10.1. The predicted molar refractivity (Wildman–Crippen MR) is 54.2 cm³/mol. The number of nitrogens with two attached hydrogens (primary N) is 1. The molecular weight excluding hydrogens is 162 g/mol. The van der Waals surface area contributed by atoms with Crippen LogP contribution in [0.2, 0.25) is 0 Å². The molecule has 0 aliphatic heterocycles. The van der Waals surface area contributed by atoms with Crippen LogP contribution >= 0.6 is 0 Å². The monoisotopic (exact) mass is 178 g/mol. The Kier molecular flexibility index (Phi) is 4.50. The van der Waals surface area contributed by atoms with Gasteiger partial charge in [0.1, 0.15) is 0 Å². The zero-order valence-corrected chi connectivity index (χ0v) is 7.78. The fourth-order valence-corrected chi connectivity index (χ4v) is 1.07. The van der Waals surface area contributed by atoms with Crippen molar-refractivity contribution in [2.75, 3.05) is 13.2 Å². The summed E-state index contributed by atoms with van der Waals surface area (Å²) in [6, 6.07) is 9.98. The van der Waals surface area contributed by atoms with Crippen LogP contribution in [0.15, 0.2) is 30.3 Å². The van der Waals surface area contributed by atoms with Crippen molar-refractivity contribution in [2.45, 2.75) is 12.5 Å². The van der Waals surface area contributed by atoms with Gasteiger partial charge in [-0.15, -0.1) is 0 Å². The summed E-state index contributed by atoms with van der Waals surface area (Å²) in [5.74, 6) is 0. The van der Waals surface area contributed by atoms with Gasteiger partial charge in [-0.2, -0.15) is 0 Å². The second-order valence-electron chi connectivity index (χ2n) is 2.91. The second-order valence-corrected chi connectivity index (χ2v) is 2.91. The summed E-state index contributed by atoms with van der Waals surface area (Å²) in [6.07, 6.45) is 0.812. The van der Waals surface area contributed by atoms with Gasteiger partial charge in [0.05, 0.1) is 6.10 Å². The van der Waals surface area contributed by atoms with Crippen LogP contribution in [0, 0.1) is 6.92 Å². The molecule has 1 unspecified atom stereocenters. The highest BCUT2D eigenvalue weighted by Crippen LogP contribution is 2.14.